The molecule has 2 N–H and O–H groups in total. The second kappa shape index (κ2) is 6.48. The lowest BCUT2D eigenvalue weighted by Crippen LogP contribution is -2.36. The van der Waals surface area contributed by atoms with Gasteiger partial charge in [0.25, 0.3) is 0 Å². The van der Waals surface area contributed by atoms with Crippen molar-refractivity contribution in [2.45, 2.75) is 13.1 Å². The highest BCUT2D eigenvalue weighted by atomic mass is 19.1. The molecule has 0 spiro atoms. The van der Waals surface area contributed by atoms with Crippen molar-refractivity contribution in [3.8, 4) is 0 Å². The molecule has 1 heterocycles. The van der Waals surface area contributed by atoms with Crippen molar-refractivity contribution in [1.29, 1.82) is 0 Å². The number of aromatic amines is 1. The number of benzene rings is 2. The first kappa shape index (κ1) is 15.0. The first-order valence-electron chi connectivity index (χ1n) is 7.29. The van der Waals surface area contributed by atoms with E-state index in [0.29, 0.717) is 17.9 Å². The van der Waals surface area contributed by atoms with Crippen molar-refractivity contribution in [3.05, 3.63) is 65.7 Å². The number of carbonyl (C=O) groups is 1. The summed E-state index contributed by atoms with van der Waals surface area (Å²) in [5.74, 6) is 0.377. The van der Waals surface area contributed by atoms with E-state index in [-0.39, 0.29) is 18.4 Å². The van der Waals surface area contributed by atoms with E-state index < -0.39 is 0 Å². The number of para-hydroxylation sites is 2. The van der Waals surface area contributed by atoms with E-state index in [0.717, 1.165) is 11.0 Å². The van der Waals surface area contributed by atoms with Gasteiger partial charge in [0.15, 0.2) is 0 Å². The molecule has 1 aromatic heterocycles. The van der Waals surface area contributed by atoms with E-state index in [9.17, 15) is 9.18 Å². The van der Waals surface area contributed by atoms with E-state index in [1.165, 1.54) is 11.0 Å². The first-order valence-corrected chi connectivity index (χ1v) is 7.29. The number of carbonyl (C=O) groups excluding carboxylic acids is 1. The van der Waals surface area contributed by atoms with E-state index in [1.807, 2.05) is 24.3 Å². The zero-order valence-corrected chi connectivity index (χ0v) is 12.7. The van der Waals surface area contributed by atoms with Crippen molar-refractivity contribution < 1.29 is 9.18 Å². The highest BCUT2D eigenvalue weighted by Crippen LogP contribution is 2.11. The predicted molar refractivity (Wildman–Crippen MR) is 86.2 cm³/mol. The van der Waals surface area contributed by atoms with Gasteiger partial charge in [-0.25, -0.2) is 14.2 Å². The Hall–Kier alpha value is -2.89. The van der Waals surface area contributed by atoms with Crippen LogP contribution in [0.15, 0.2) is 48.5 Å². The molecular weight excluding hydrogens is 295 g/mol. The molecule has 0 saturated carbocycles. The summed E-state index contributed by atoms with van der Waals surface area (Å²) in [6, 6.07) is 13.8. The summed E-state index contributed by atoms with van der Waals surface area (Å²) < 4.78 is 13.5. The van der Waals surface area contributed by atoms with E-state index in [1.54, 1.807) is 25.2 Å². The number of urea groups is 1. The summed E-state index contributed by atoms with van der Waals surface area (Å²) >= 11 is 0. The molecule has 0 bridgehead atoms. The molecule has 2 amide bonds. The molecule has 0 fully saturated rings. The average Bonchev–Trinajstić information content (AvgIpc) is 2.96. The number of rotatable bonds is 4. The molecule has 0 radical (unpaired) electrons. The maximum Gasteiger partial charge on any atom is 0.317 e. The van der Waals surface area contributed by atoms with Gasteiger partial charge in [-0.1, -0.05) is 30.3 Å². The monoisotopic (exact) mass is 312 g/mol. The Balaban J connectivity index is 1.60. The Labute approximate surface area is 133 Å². The molecule has 0 saturated heterocycles. The molecule has 0 aliphatic heterocycles. The Morgan fingerprint density at radius 1 is 1.22 bits per heavy atom. The van der Waals surface area contributed by atoms with Crippen LogP contribution in [0.1, 0.15) is 11.4 Å². The Bertz CT molecular complexity index is 797. The summed E-state index contributed by atoms with van der Waals surface area (Å²) in [5.41, 5.74) is 2.25. The number of H-pyrrole nitrogens is 1. The van der Waals surface area contributed by atoms with Crippen molar-refractivity contribution >= 4 is 17.1 Å². The van der Waals surface area contributed by atoms with E-state index >= 15 is 0 Å². The van der Waals surface area contributed by atoms with Gasteiger partial charge in [0.2, 0.25) is 0 Å². The van der Waals surface area contributed by atoms with Crippen LogP contribution in [0.2, 0.25) is 0 Å². The van der Waals surface area contributed by atoms with Gasteiger partial charge in [-0.05, 0) is 18.2 Å². The maximum atomic E-state index is 13.5. The molecule has 0 aliphatic rings. The van der Waals surface area contributed by atoms with Crippen LogP contribution < -0.4 is 5.32 Å². The van der Waals surface area contributed by atoms with E-state index in [2.05, 4.69) is 15.3 Å². The predicted octanol–water partition coefficient (Wildman–Crippen LogP) is 3.04. The molecule has 118 valence electrons. The standard InChI is InChI=1S/C17H17FN4O/c1-22(11-16-20-14-8-4-5-9-15(14)21-16)17(23)19-10-12-6-2-3-7-13(12)18/h2-9H,10-11H2,1H3,(H,19,23)(H,20,21). The molecule has 0 unspecified atom stereocenters. The minimum absolute atomic E-state index is 0.149. The number of nitrogens with zero attached hydrogens (tertiary/aromatic N) is 2. The average molecular weight is 312 g/mol. The van der Waals surface area contributed by atoms with Crippen LogP contribution in [-0.4, -0.2) is 27.9 Å². The third-order valence-corrected chi connectivity index (χ3v) is 3.56. The van der Waals surface area contributed by atoms with Crippen molar-refractivity contribution in [3.63, 3.8) is 0 Å². The highest BCUT2D eigenvalue weighted by molar-refractivity contribution is 5.75. The fraction of sp³-hybridized carbons (Fsp3) is 0.176. The quantitative estimate of drug-likeness (QED) is 0.778. The van der Waals surface area contributed by atoms with Gasteiger partial charge in [0, 0.05) is 19.2 Å². The lowest BCUT2D eigenvalue weighted by Gasteiger charge is -2.16. The summed E-state index contributed by atoms with van der Waals surface area (Å²) in [4.78, 5) is 21.2. The SMILES string of the molecule is CN(Cc1nc2ccccc2[nH]1)C(=O)NCc1ccccc1F. The van der Waals surface area contributed by atoms with Crippen LogP contribution in [0.5, 0.6) is 0 Å². The highest BCUT2D eigenvalue weighted by Gasteiger charge is 2.12. The lowest BCUT2D eigenvalue weighted by molar-refractivity contribution is 0.205. The van der Waals surface area contributed by atoms with E-state index in [4.69, 9.17) is 0 Å². The lowest BCUT2D eigenvalue weighted by atomic mass is 10.2. The summed E-state index contributed by atoms with van der Waals surface area (Å²) in [6.45, 7) is 0.494. The van der Waals surface area contributed by atoms with Gasteiger partial charge < -0.3 is 15.2 Å². The molecule has 2 aromatic carbocycles. The third kappa shape index (κ3) is 3.48. The summed E-state index contributed by atoms with van der Waals surface area (Å²) in [6.07, 6.45) is 0. The number of hydrogen-bond acceptors (Lipinski definition) is 2. The van der Waals surface area contributed by atoms with Crippen LogP contribution in [0, 0.1) is 5.82 Å². The van der Waals surface area contributed by atoms with Crippen molar-refractivity contribution in [2.75, 3.05) is 7.05 Å². The maximum absolute atomic E-state index is 13.5. The fourth-order valence-electron chi connectivity index (χ4n) is 2.32. The molecule has 0 aliphatic carbocycles. The van der Waals surface area contributed by atoms with Gasteiger partial charge in [0.05, 0.1) is 17.6 Å². The summed E-state index contributed by atoms with van der Waals surface area (Å²) in [7, 11) is 1.67. The number of amides is 2. The molecule has 0 atom stereocenters. The number of imidazole rings is 1. The minimum atomic E-state index is -0.326. The second-order valence-corrected chi connectivity index (χ2v) is 5.31. The first-order chi connectivity index (χ1) is 11.1. The van der Waals surface area contributed by atoms with Gasteiger partial charge in [-0.15, -0.1) is 0 Å². The van der Waals surface area contributed by atoms with Crippen molar-refractivity contribution in [2.24, 2.45) is 0 Å². The van der Waals surface area contributed by atoms with Crippen LogP contribution >= 0.6 is 0 Å². The van der Waals surface area contributed by atoms with Crippen LogP contribution in [-0.2, 0) is 13.1 Å². The van der Waals surface area contributed by atoms with Gasteiger partial charge in [-0.3, -0.25) is 0 Å². The fourth-order valence-corrected chi connectivity index (χ4v) is 2.32. The molecule has 5 nitrogen and oxygen atoms in total. The number of aromatic nitrogens is 2. The Kier molecular flexibility index (Phi) is 4.23. The second-order valence-electron chi connectivity index (χ2n) is 5.31. The minimum Gasteiger partial charge on any atom is -0.340 e. The molecule has 3 rings (SSSR count). The topological polar surface area (TPSA) is 61.0 Å². The van der Waals surface area contributed by atoms with Gasteiger partial charge in [-0.2, -0.15) is 0 Å². The van der Waals surface area contributed by atoms with Gasteiger partial charge >= 0.3 is 6.03 Å². The normalized spacial score (nSPS) is 10.7. The number of halogens is 1. The van der Waals surface area contributed by atoms with Gasteiger partial charge in [0.1, 0.15) is 11.6 Å². The number of hydrogen-bond donors (Lipinski definition) is 2. The smallest absolute Gasteiger partial charge is 0.317 e. The largest absolute Gasteiger partial charge is 0.340 e. The zero-order valence-electron chi connectivity index (χ0n) is 12.7. The molecule has 6 heteroatoms. The number of fused-ring (bicyclic) bond motifs is 1. The molecule has 3 aromatic rings. The van der Waals surface area contributed by atoms with Crippen LogP contribution in [0.4, 0.5) is 9.18 Å². The number of nitrogens with one attached hydrogen (secondary N) is 2. The van der Waals surface area contributed by atoms with Crippen LogP contribution in [0.3, 0.4) is 0 Å². The molecule has 23 heavy (non-hydrogen) atoms. The van der Waals surface area contributed by atoms with Crippen molar-refractivity contribution in [1.82, 2.24) is 20.2 Å². The Morgan fingerprint density at radius 2 is 1.96 bits per heavy atom. The third-order valence-electron chi connectivity index (χ3n) is 3.56. The Morgan fingerprint density at radius 3 is 2.74 bits per heavy atom. The molecular formula is C17H17FN4O. The summed E-state index contributed by atoms with van der Waals surface area (Å²) in [5, 5.41) is 2.70. The zero-order chi connectivity index (χ0) is 16.2. The van der Waals surface area contributed by atoms with Crippen LogP contribution in [0.25, 0.3) is 11.0 Å².